The first-order valence-electron chi connectivity index (χ1n) is 10.0. The number of nitrogens with one attached hydrogen (secondary N) is 1. The maximum absolute atomic E-state index is 13.1. The van der Waals surface area contributed by atoms with Gasteiger partial charge in [-0.25, -0.2) is 4.79 Å². The van der Waals surface area contributed by atoms with Crippen molar-refractivity contribution in [3.8, 4) is 0 Å². The molecule has 0 saturated heterocycles. The summed E-state index contributed by atoms with van der Waals surface area (Å²) in [6.07, 6.45) is 1.11. The molecule has 0 amide bonds. The Balaban J connectivity index is 2.19. The van der Waals surface area contributed by atoms with Gasteiger partial charge < -0.3 is 20.5 Å². The van der Waals surface area contributed by atoms with E-state index >= 15 is 0 Å². The normalized spacial score (nSPS) is 21.4. The van der Waals surface area contributed by atoms with Crippen LogP contribution in [0.2, 0.25) is 10.0 Å². The van der Waals surface area contributed by atoms with E-state index in [-0.39, 0.29) is 24.9 Å². The van der Waals surface area contributed by atoms with E-state index in [1.807, 2.05) is 6.92 Å². The van der Waals surface area contributed by atoms with Crippen molar-refractivity contribution in [1.29, 1.82) is 0 Å². The SMILES string of the molecule is CCOC(=O)C1=C(COCCN)NC2=C(C(=O)CC(C)C2)C1c1ccc(Cl)cc1Cl. The molecule has 1 aliphatic heterocycles. The predicted octanol–water partition coefficient (Wildman–Crippen LogP) is 3.73. The highest BCUT2D eigenvalue weighted by atomic mass is 35.5. The van der Waals surface area contributed by atoms with Gasteiger partial charge in [-0.1, -0.05) is 36.2 Å². The van der Waals surface area contributed by atoms with E-state index in [1.54, 1.807) is 25.1 Å². The van der Waals surface area contributed by atoms with Crippen LogP contribution in [0.3, 0.4) is 0 Å². The minimum absolute atomic E-state index is 0.00371. The summed E-state index contributed by atoms with van der Waals surface area (Å²) in [4.78, 5) is 26.1. The molecule has 0 spiro atoms. The van der Waals surface area contributed by atoms with E-state index < -0.39 is 11.9 Å². The average Bonchev–Trinajstić information content (AvgIpc) is 2.67. The molecule has 1 aromatic carbocycles. The van der Waals surface area contributed by atoms with Crippen LogP contribution < -0.4 is 11.1 Å². The number of esters is 1. The van der Waals surface area contributed by atoms with Crippen LogP contribution in [0.25, 0.3) is 0 Å². The topological polar surface area (TPSA) is 90.7 Å². The van der Waals surface area contributed by atoms with Crippen molar-refractivity contribution in [1.82, 2.24) is 5.32 Å². The summed E-state index contributed by atoms with van der Waals surface area (Å²) in [5, 5.41) is 4.16. The van der Waals surface area contributed by atoms with Gasteiger partial charge in [-0.05, 0) is 37.0 Å². The summed E-state index contributed by atoms with van der Waals surface area (Å²) in [7, 11) is 0. The summed E-state index contributed by atoms with van der Waals surface area (Å²) < 4.78 is 11.0. The minimum atomic E-state index is -0.651. The van der Waals surface area contributed by atoms with E-state index in [2.05, 4.69) is 5.32 Å². The number of benzene rings is 1. The molecule has 8 heteroatoms. The summed E-state index contributed by atoms with van der Waals surface area (Å²) in [5.41, 5.74) is 8.44. The van der Waals surface area contributed by atoms with Crippen LogP contribution in [-0.2, 0) is 19.1 Å². The highest BCUT2D eigenvalue weighted by Crippen LogP contribution is 2.45. The Morgan fingerprint density at radius 3 is 2.73 bits per heavy atom. The lowest BCUT2D eigenvalue weighted by Crippen LogP contribution is -2.38. The van der Waals surface area contributed by atoms with Gasteiger partial charge in [0.25, 0.3) is 0 Å². The largest absolute Gasteiger partial charge is 0.463 e. The van der Waals surface area contributed by atoms with Crippen LogP contribution in [0.5, 0.6) is 0 Å². The van der Waals surface area contributed by atoms with E-state index in [1.165, 1.54) is 0 Å². The lowest BCUT2D eigenvalue weighted by Gasteiger charge is -2.36. The van der Waals surface area contributed by atoms with Gasteiger partial charge in [0.1, 0.15) is 0 Å². The van der Waals surface area contributed by atoms with Crippen molar-refractivity contribution in [2.24, 2.45) is 11.7 Å². The third-order valence-corrected chi connectivity index (χ3v) is 5.76. The summed E-state index contributed by atoms with van der Waals surface area (Å²) in [5.74, 6) is -0.969. The molecule has 1 aliphatic carbocycles. The minimum Gasteiger partial charge on any atom is -0.463 e. The van der Waals surface area contributed by atoms with Crippen LogP contribution in [0.15, 0.2) is 40.7 Å². The molecule has 0 radical (unpaired) electrons. The molecule has 162 valence electrons. The standard InChI is InChI=1S/C22H26Cl2N2O4/c1-3-30-22(28)21-17(11-29-7-6-25)26-16-8-12(2)9-18(27)20(16)19(21)14-5-4-13(23)10-15(14)24/h4-5,10,12,19,26H,3,6-9,11,25H2,1-2H3. The van der Waals surface area contributed by atoms with Gasteiger partial charge in [-0.2, -0.15) is 0 Å². The van der Waals surface area contributed by atoms with Gasteiger partial charge in [0.15, 0.2) is 5.78 Å². The number of Topliss-reactive ketones (excluding diaryl/α,β-unsaturated/α-hetero) is 1. The van der Waals surface area contributed by atoms with Gasteiger partial charge in [0.05, 0.1) is 31.1 Å². The number of dihydropyridines is 1. The molecule has 2 unspecified atom stereocenters. The van der Waals surface area contributed by atoms with Crippen molar-refractivity contribution in [3.05, 3.63) is 56.3 Å². The van der Waals surface area contributed by atoms with E-state index in [4.69, 9.17) is 38.4 Å². The lowest BCUT2D eigenvalue weighted by molar-refractivity contribution is -0.139. The number of allylic oxidation sites excluding steroid dienone is 2. The Morgan fingerprint density at radius 2 is 2.07 bits per heavy atom. The maximum Gasteiger partial charge on any atom is 0.336 e. The summed E-state index contributed by atoms with van der Waals surface area (Å²) >= 11 is 12.6. The number of halogens is 2. The second kappa shape index (κ2) is 9.96. The predicted molar refractivity (Wildman–Crippen MR) is 116 cm³/mol. The second-order valence-electron chi connectivity index (χ2n) is 7.51. The fraction of sp³-hybridized carbons (Fsp3) is 0.455. The first-order chi connectivity index (χ1) is 14.4. The average molecular weight is 453 g/mol. The van der Waals surface area contributed by atoms with Crippen LogP contribution in [0.1, 0.15) is 38.2 Å². The fourth-order valence-electron chi connectivity index (χ4n) is 4.01. The number of ether oxygens (including phenoxy) is 2. The fourth-order valence-corrected chi connectivity index (χ4v) is 4.53. The zero-order chi connectivity index (χ0) is 21.8. The molecule has 0 aromatic heterocycles. The van der Waals surface area contributed by atoms with E-state index in [9.17, 15) is 9.59 Å². The van der Waals surface area contributed by atoms with Gasteiger partial charge in [-0.3, -0.25) is 4.79 Å². The molecule has 1 aromatic rings. The second-order valence-corrected chi connectivity index (χ2v) is 8.35. The molecular formula is C22H26Cl2N2O4. The highest BCUT2D eigenvalue weighted by molar-refractivity contribution is 6.35. The van der Waals surface area contributed by atoms with Gasteiger partial charge in [-0.15, -0.1) is 0 Å². The Morgan fingerprint density at radius 1 is 1.30 bits per heavy atom. The van der Waals surface area contributed by atoms with E-state index in [0.717, 1.165) is 5.70 Å². The van der Waals surface area contributed by atoms with Crippen molar-refractivity contribution in [2.45, 2.75) is 32.6 Å². The van der Waals surface area contributed by atoms with Crippen LogP contribution in [0, 0.1) is 5.92 Å². The van der Waals surface area contributed by atoms with Crippen molar-refractivity contribution < 1.29 is 19.1 Å². The molecule has 3 N–H and O–H groups in total. The number of nitrogens with two attached hydrogens (primary N) is 1. The third kappa shape index (κ3) is 4.72. The third-order valence-electron chi connectivity index (χ3n) is 5.19. The Hall–Kier alpha value is -1.86. The maximum atomic E-state index is 13.1. The smallest absolute Gasteiger partial charge is 0.336 e. The Labute approximate surface area is 186 Å². The van der Waals surface area contributed by atoms with Crippen LogP contribution in [-0.4, -0.2) is 38.1 Å². The molecule has 0 bridgehead atoms. The number of carbonyl (C=O) groups is 2. The molecule has 30 heavy (non-hydrogen) atoms. The number of rotatable bonds is 7. The molecule has 3 rings (SSSR count). The zero-order valence-corrected chi connectivity index (χ0v) is 18.6. The lowest BCUT2D eigenvalue weighted by atomic mass is 9.73. The Kier molecular flexibility index (Phi) is 7.58. The van der Waals surface area contributed by atoms with Gasteiger partial charge >= 0.3 is 5.97 Å². The van der Waals surface area contributed by atoms with Crippen LogP contribution in [0.4, 0.5) is 0 Å². The molecule has 6 nitrogen and oxygen atoms in total. The quantitative estimate of drug-likeness (QED) is 0.483. The molecule has 1 heterocycles. The monoisotopic (exact) mass is 452 g/mol. The zero-order valence-electron chi connectivity index (χ0n) is 17.1. The number of carbonyl (C=O) groups excluding carboxylic acids is 2. The molecule has 0 fully saturated rings. The molecular weight excluding hydrogens is 427 g/mol. The van der Waals surface area contributed by atoms with Gasteiger partial charge in [0, 0.05) is 40.2 Å². The summed E-state index contributed by atoms with van der Waals surface area (Å²) in [6, 6.07) is 5.08. The number of hydrogen-bond acceptors (Lipinski definition) is 6. The highest BCUT2D eigenvalue weighted by Gasteiger charge is 2.42. The van der Waals surface area contributed by atoms with Crippen molar-refractivity contribution in [3.63, 3.8) is 0 Å². The number of hydrogen-bond donors (Lipinski definition) is 2. The first-order valence-corrected chi connectivity index (χ1v) is 10.8. The van der Waals surface area contributed by atoms with Gasteiger partial charge in [0.2, 0.25) is 0 Å². The first kappa shape index (κ1) is 22.8. The Bertz CT molecular complexity index is 910. The van der Waals surface area contributed by atoms with Crippen molar-refractivity contribution >= 4 is 35.0 Å². The molecule has 2 aliphatic rings. The van der Waals surface area contributed by atoms with E-state index in [0.29, 0.717) is 58.4 Å². The number of ketones is 1. The molecule has 2 atom stereocenters. The molecule has 0 saturated carbocycles. The van der Waals surface area contributed by atoms with Crippen molar-refractivity contribution in [2.75, 3.05) is 26.4 Å². The van der Waals surface area contributed by atoms with Crippen LogP contribution >= 0.6 is 23.2 Å². The summed E-state index contributed by atoms with van der Waals surface area (Å²) in [6.45, 7) is 4.82.